The van der Waals surface area contributed by atoms with Gasteiger partial charge in [0.05, 0.1) is 18.6 Å². The molecule has 4 bridgehead atoms. The quantitative estimate of drug-likeness (QED) is 0.380. The maximum Gasteiger partial charge on any atom is 0.259 e. The highest BCUT2D eigenvalue weighted by atomic mass is 16.7. The van der Waals surface area contributed by atoms with E-state index in [0.717, 1.165) is 10.8 Å². The summed E-state index contributed by atoms with van der Waals surface area (Å²) < 4.78 is 11.3. The first-order valence-electron chi connectivity index (χ1n) is 10.6. The second-order valence-corrected chi connectivity index (χ2v) is 8.96. The summed E-state index contributed by atoms with van der Waals surface area (Å²) in [4.78, 5) is 23.9. The van der Waals surface area contributed by atoms with Crippen LogP contribution in [-0.2, 0) is 9.47 Å². The van der Waals surface area contributed by atoms with Crippen LogP contribution in [0.25, 0.3) is 21.5 Å². The fourth-order valence-corrected chi connectivity index (χ4v) is 6.21. The lowest BCUT2D eigenvalue weighted by Gasteiger charge is -2.49. The summed E-state index contributed by atoms with van der Waals surface area (Å²) in [5.41, 5.74) is -1.43. The lowest BCUT2D eigenvalue weighted by atomic mass is 9.60. The van der Waals surface area contributed by atoms with E-state index in [2.05, 4.69) is 0 Å². The topological polar surface area (TPSA) is 125 Å². The Morgan fingerprint density at radius 3 is 2.19 bits per heavy atom. The minimum Gasteiger partial charge on any atom is -0.378 e. The second-order valence-electron chi connectivity index (χ2n) is 8.96. The number of nitro groups is 2. The molecule has 0 aromatic heterocycles. The lowest BCUT2D eigenvalue weighted by molar-refractivity contribution is -0.607. The van der Waals surface area contributed by atoms with E-state index < -0.39 is 51.8 Å². The van der Waals surface area contributed by atoms with Gasteiger partial charge in [0.15, 0.2) is 11.9 Å². The van der Waals surface area contributed by atoms with E-state index in [1.165, 1.54) is 0 Å². The molecule has 9 nitrogen and oxygen atoms in total. The number of aliphatic hydroxyl groups is 1. The van der Waals surface area contributed by atoms with Gasteiger partial charge in [0, 0.05) is 9.85 Å². The molecule has 7 atom stereocenters. The minimum absolute atomic E-state index is 0.0788. The number of rotatable bonds is 3. The summed E-state index contributed by atoms with van der Waals surface area (Å²) in [5, 5.41) is 39.6. The molecule has 3 aromatic carbocycles. The number of hydrogen-bond acceptors (Lipinski definition) is 7. The smallest absolute Gasteiger partial charge is 0.259 e. The van der Waals surface area contributed by atoms with Crippen LogP contribution in [0.5, 0.6) is 0 Å². The van der Waals surface area contributed by atoms with Crippen molar-refractivity contribution >= 4 is 21.5 Å². The molecule has 0 unspecified atom stereocenters. The maximum absolute atomic E-state index is 12.5. The van der Waals surface area contributed by atoms with Crippen molar-refractivity contribution in [3.05, 3.63) is 80.4 Å². The van der Waals surface area contributed by atoms with E-state index in [-0.39, 0.29) is 13.0 Å². The highest BCUT2D eigenvalue weighted by Gasteiger charge is 2.73. The van der Waals surface area contributed by atoms with Gasteiger partial charge >= 0.3 is 0 Å². The Balaban J connectivity index is 1.71. The predicted octanol–water partition coefficient (Wildman–Crippen LogP) is 2.87. The van der Waals surface area contributed by atoms with Crippen molar-refractivity contribution in [2.24, 2.45) is 5.92 Å². The molecule has 0 spiro atoms. The summed E-state index contributed by atoms with van der Waals surface area (Å²) in [6, 6.07) is 13.8. The van der Waals surface area contributed by atoms with Gasteiger partial charge in [-0.05, 0) is 39.6 Å². The number of hydrogen-bond donors (Lipinski definition) is 1. The summed E-state index contributed by atoms with van der Waals surface area (Å²) in [7, 11) is 0. The van der Waals surface area contributed by atoms with Crippen LogP contribution in [0, 0.1) is 26.1 Å². The summed E-state index contributed by atoms with van der Waals surface area (Å²) in [5.74, 6) is -1.86. The number of benzene rings is 3. The van der Waals surface area contributed by atoms with Crippen LogP contribution < -0.4 is 0 Å². The van der Waals surface area contributed by atoms with Crippen molar-refractivity contribution in [2.45, 2.75) is 42.4 Å². The monoisotopic (exact) mass is 436 g/mol. The van der Waals surface area contributed by atoms with Crippen LogP contribution in [0.3, 0.4) is 0 Å². The van der Waals surface area contributed by atoms with Gasteiger partial charge in [-0.3, -0.25) is 20.2 Å². The van der Waals surface area contributed by atoms with E-state index in [4.69, 9.17) is 9.47 Å². The molecule has 0 radical (unpaired) electrons. The molecule has 2 saturated heterocycles. The van der Waals surface area contributed by atoms with Crippen molar-refractivity contribution in [2.75, 3.05) is 6.61 Å². The molecular formula is C23H20N2O7. The first-order chi connectivity index (χ1) is 15.4. The van der Waals surface area contributed by atoms with Gasteiger partial charge in [-0.2, -0.15) is 0 Å². The van der Waals surface area contributed by atoms with E-state index in [0.29, 0.717) is 16.3 Å². The van der Waals surface area contributed by atoms with E-state index >= 15 is 0 Å². The van der Waals surface area contributed by atoms with Crippen molar-refractivity contribution in [1.29, 1.82) is 0 Å². The molecule has 3 aromatic rings. The Morgan fingerprint density at radius 1 is 0.969 bits per heavy atom. The molecule has 3 aliphatic rings. The van der Waals surface area contributed by atoms with Gasteiger partial charge in [-0.15, -0.1) is 0 Å². The Morgan fingerprint density at radius 2 is 1.59 bits per heavy atom. The van der Waals surface area contributed by atoms with Crippen LogP contribution in [0.1, 0.15) is 17.9 Å². The molecule has 3 fully saturated rings. The van der Waals surface area contributed by atoms with Gasteiger partial charge < -0.3 is 14.6 Å². The number of nitrogens with zero attached hydrogens (tertiary/aromatic N) is 2. The largest absolute Gasteiger partial charge is 0.378 e. The average Bonchev–Trinajstić information content (AvgIpc) is 3.23. The minimum atomic E-state index is -1.96. The molecule has 6 rings (SSSR count). The molecule has 164 valence electrons. The average molecular weight is 436 g/mol. The van der Waals surface area contributed by atoms with Crippen molar-refractivity contribution < 1.29 is 24.4 Å². The zero-order valence-electron chi connectivity index (χ0n) is 16.9. The van der Waals surface area contributed by atoms with Gasteiger partial charge in [0.2, 0.25) is 6.04 Å². The lowest BCUT2D eigenvalue weighted by Crippen LogP contribution is -2.69. The Kier molecular flexibility index (Phi) is 4.08. The molecule has 32 heavy (non-hydrogen) atoms. The Bertz CT molecular complexity index is 1230. The van der Waals surface area contributed by atoms with Crippen LogP contribution >= 0.6 is 0 Å². The van der Waals surface area contributed by atoms with E-state index in [9.17, 15) is 25.3 Å². The first kappa shape index (κ1) is 19.5. The van der Waals surface area contributed by atoms with Crippen LogP contribution in [-0.4, -0.2) is 51.6 Å². The SMILES string of the molecule is O=[N+]([O-])[C@@H]1[C@H]2C[C@@](O)([C@H]3OC[C@H]2O3)[C@@H]([N+](=O)[O-])[C@@H]1c1c2ccccc2cc2ccccc12. The molecule has 0 amide bonds. The fraction of sp³-hybridized carbons (Fsp3) is 0.391. The Labute approximate surface area is 181 Å². The maximum atomic E-state index is 12.5. The molecular weight excluding hydrogens is 416 g/mol. The molecule has 2 aliphatic heterocycles. The predicted molar refractivity (Wildman–Crippen MR) is 113 cm³/mol. The van der Waals surface area contributed by atoms with Crippen molar-refractivity contribution in [3.63, 3.8) is 0 Å². The molecule has 9 heteroatoms. The van der Waals surface area contributed by atoms with Crippen molar-refractivity contribution in [3.8, 4) is 0 Å². The molecule has 1 saturated carbocycles. The zero-order chi connectivity index (χ0) is 22.2. The second kappa shape index (κ2) is 6.68. The molecule has 1 aliphatic carbocycles. The van der Waals surface area contributed by atoms with E-state index in [1.54, 1.807) is 0 Å². The van der Waals surface area contributed by atoms with Crippen molar-refractivity contribution in [1.82, 2.24) is 0 Å². The third kappa shape index (κ3) is 2.49. The van der Waals surface area contributed by atoms with E-state index in [1.807, 2.05) is 54.6 Å². The van der Waals surface area contributed by atoms with Gasteiger partial charge in [0.25, 0.3) is 6.04 Å². The van der Waals surface area contributed by atoms with Gasteiger partial charge in [-0.1, -0.05) is 48.5 Å². The molecule has 2 heterocycles. The summed E-state index contributed by atoms with van der Waals surface area (Å²) >= 11 is 0. The third-order valence-electron chi connectivity index (χ3n) is 7.43. The Hall–Kier alpha value is -3.14. The zero-order valence-corrected chi connectivity index (χ0v) is 16.9. The van der Waals surface area contributed by atoms with Gasteiger partial charge in [-0.25, -0.2) is 0 Å². The standard InChI is InChI=1S/C23H20N2O7/c26-23-10-16(17-11-31-22(23)32-17)20(24(27)28)19(21(23)25(29)30)18-14-7-3-1-5-12(14)9-13-6-2-4-8-15(13)18/h1-9,16-17,19-22,26H,10-11H2/t16-,17+,19+,20+,21-,22-,23-/m0/s1. The van der Waals surface area contributed by atoms with Crippen LogP contribution in [0.4, 0.5) is 0 Å². The van der Waals surface area contributed by atoms with Crippen LogP contribution in [0.15, 0.2) is 54.6 Å². The summed E-state index contributed by atoms with van der Waals surface area (Å²) in [6.45, 7) is 0.0788. The third-order valence-corrected chi connectivity index (χ3v) is 7.43. The normalized spacial score (nSPS) is 35.8. The van der Waals surface area contributed by atoms with Crippen LogP contribution in [0.2, 0.25) is 0 Å². The fourth-order valence-electron chi connectivity index (χ4n) is 6.21. The molecule has 1 N–H and O–H groups in total. The van der Waals surface area contributed by atoms with Gasteiger partial charge in [0.1, 0.15) is 5.92 Å². The number of ether oxygens (including phenoxy) is 2. The first-order valence-corrected chi connectivity index (χ1v) is 10.6. The summed E-state index contributed by atoms with van der Waals surface area (Å²) in [6.07, 6.45) is -1.85. The highest BCUT2D eigenvalue weighted by molar-refractivity contribution is 6.02. The highest BCUT2D eigenvalue weighted by Crippen LogP contribution is 2.55. The number of fused-ring (bicyclic) bond motifs is 8.